The molecular formula is C54H41N. The molecule has 1 heteroatoms. The molecule has 0 N–H and O–H groups in total. The normalized spacial score (nSPS) is 14.5. The van der Waals surface area contributed by atoms with Crippen LogP contribution in [0.4, 0.5) is 17.1 Å². The number of fused-ring (bicyclic) bond motifs is 13. The second-order valence-corrected chi connectivity index (χ2v) is 16.2. The Kier molecular flexibility index (Phi) is 6.72. The van der Waals surface area contributed by atoms with Gasteiger partial charge in [0.2, 0.25) is 0 Å². The second-order valence-electron chi connectivity index (χ2n) is 16.2. The van der Waals surface area contributed by atoms with Crippen LogP contribution in [-0.4, -0.2) is 0 Å². The molecule has 0 fully saturated rings. The van der Waals surface area contributed by atoms with Crippen molar-refractivity contribution in [3.8, 4) is 44.5 Å². The van der Waals surface area contributed by atoms with Gasteiger partial charge in [-0.15, -0.1) is 0 Å². The molecule has 0 bridgehead atoms. The molecular weight excluding hydrogens is 663 g/mol. The molecule has 1 spiro atoms. The van der Waals surface area contributed by atoms with Crippen molar-refractivity contribution in [1.29, 1.82) is 0 Å². The summed E-state index contributed by atoms with van der Waals surface area (Å²) in [7, 11) is 0. The minimum absolute atomic E-state index is 0.112. The van der Waals surface area contributed by atoms with Crippen LogP contribution < -0.4 is 4.90 Å². The number of nitrogens with zero attached hydrogens (tertiary/aromatic N) is 1. The summed E-state index contributed by atoms with van der Waals surface area (Å²) in [6, 6.07) is 66.3. The van der Waals surface area contributed by atoms with Crippen LogP contribution in [0, 0.1) is 13.8 Å². The summed E-state index contributed by atoms with van der Waals surface area (Å²) < 4.78 is 0. The van der Waals surface area contributed by atoms with E-state index in [-0.39, 0.29) is 5.41 Å². The zero-order chi connectivity index (χ0) is 37.1. The lowest BCUT2D eigenvalue weighted by atomic mass is 9.70. The lowest BCUT2D eigenvalue weighted by Crippen LogP contribution is -2.26. The van der Waals surface area contributed by atoms with E-state index in [0.29, 0.717) is 0 Å². The lowest BCUT2D eigenvalue weighted by Gasteiger charge is -2.32. The molecule has 0 radical (unpaired) electrons. The summed E-state index contributed by atoms with van der Waals surface area (Å²) in [4.78, 5) is 2.50. The topological polar surface area (TPSA) is 3.24 Å². The van der Waals surface area contributed by atoms with E-state index in [1.165, 1.54) is 94.7 Å². The SMILES string of the molecule is Cc1ccccc1-c1ccc(N(c2ccc3c(c2)C(C)(C)c2ccccc2-3)c2ccc3c(c2)C2(c4ccccc4-c4ccccc42)c2ccccc2-3)cc1C. The van der Waals surface area contributed by atoms with Gasteiger partial charge in [-0.05, 0) is 139 Å². The number of anilines is 3. The number of benzene rings is 8. The van der Waals surface area contributed by atoms with Crippen molar-refractivity contribution in [3.63, 3.8) is 0 Å². The smallest absolute Gasteiger partial charge is 0.0726 e. The van der Waals surface area contributed by atoms with Gasteiger partial charge < -0.3 is 4.90 Å². The first-order valence-electron chi connectivity index (χ1n) is 19.5. The van der Waals surface area contributed by atoms with Crippen LogP contribution in [0.3, 0.4) is 0 Å². The van der Waals surface area contributed by atoms with E-state index < -0.39 is 5.41 Å². The predicted octanol–water partition coefficient (Wildman–Crippen LogP) is 14.1. The van der Waals surface area contributed by atoms with Crippen molar-refractivity contribution in [2.45, 2.75) is 38.5 Å². The summed E-state index contributed by atoms with van der Waals surface area (Å²) in [6.45, 7) is 9.21. The first-order chi connectivity index (χ1) is 26.9. The van der Waals surface area contributed by atoms with Gasteiger partial charge in [-0.2, -0.15) is 0 Å². The maximum absolute atomic E-state index is 2.51. The fourth-order valence-electron chi connectivity index (χ4n) is 10.5. The third-order valence-corrected chi connectivity index (χ3v) is 13.0. The zero-order valence-electron chi connectivity index (χ0n) is 31.7. The molecule has 0 saturated heterocycles. The Labute approximate surface area is 324 Å². The van der Waals surface area contributed by atoms with Gasteiger partial charge >= 0.3 is 0 Å². The number of hydrogen-bond donors (Lipinski definition) is 0. The van der Waals surface area contributed by atoms with Crippen LogP contribution >= 0.6 is 0 Å². The molecule has 55 heavy (non-hydrogen) atoms. The molecule has 1 nitrogen and oxygen atoms in total. The van der Waals surface area contributed by atoms with E-state index in [2.05, 4.69) is 209 Å². The molecule has 11 rings (SSSR count). The van der Waals surface area contributed by atoms with Crippen molar-refractivity contribution >= 4 is 17.1 Å². The second kappa shape index (κ2) is 11.5. The number of hydrogen-bond acceptors (Lipinski definition) is 1. The van der Waals surface area contributed by atoms with E-state index in [0.717, 1.165) is 11.4 Å². The maximum Gasteiger partial charge on any atom is 0.0726 e. The van der Waals surface area contributed by atoms with Crippen molar-refractivity contribution in [2.24, 2.45) is 0 Å². The Balaban J connectivity index is 1.16. The minimum atomic E-state index is -0.410. The van der Waals surface area contributed by atoms with Gasteiger partial charge in [0.15, 0.2) is 0 Å². The fourth-order valence-corrected chi connectivity index (χ4v) is 10.5. The van der Waals surface area contributed by atoms with Gasteiger partial charge in [-0.3, -0.25) is 0 Å². The van der Waals surface area contributed by atoms with E-state index in [1.54, 1.807) is 0 Å². The fraction of sp³-hybridized carbons (Fsp3) is 0.111. The number of aryl methyl sites for hydroxylation is 2. The zero-order valence-corrected chi connectivity index (χ0v) is 31.7. The summed E-state index contributed by atoms with van der Waals surface area (Å²) in [6.07, 6.45) is 0. The molecule has 3 aliphatic rings. The molecule has 0 atom stereocenters. The van der Waals surface area contributed by atoms with Crippen LogP contribution in [0.2, 0.25) is 0 Å². The van der Waals surface area contributed by atoms with Gasteiger partial charge in [-0.1, -0.05) is 153 Å². The van der Waals surface area contributed by atoms with Gasteiger partial charge in [0, 0.05) is 22.5 Å². The van der Waals surface area contributed by atoms with Crippen molar-refractivity contribution in [2.75, 3.05) is 4.90 Å². The van der Waals surface area contributed by atoms with E-state index >= 15 is 0 Å². The molecule has 0 aromatic heterocycles. The van der Waals surface area contributed by atoms with Crippen molar-refractivity contribution in [1.82, 2.24) is 0 Å². The van der Waals surface area contributed by atoms with Gasteiger partial charge in [0.05, 0.1) is 5.41 Å². The molecule has 0 amide bonds. The van der Waals surface area contributed by atoms with Crippen LogP contribution in [0.15, 0.2) is 176 Å². The summed E-state index contributed by atoms with van der Waals surface area (Å²) in [5.74, 6) is 0. The summed E-state index contributed by atoms with van der Waals surface area (Å²) in [5, 5.41) is 0. The molecule has 3 aliphatic carbocycles. The van der Waals surface area contributed by atoms with E-state index in [9.17, 15) is 0 Å². The van der Waals surface area contributed by atoms with Gasteiger partial charge in [0.1, 0.15) is 0 Å². The van der Waals surface area contributed by atoms with Crippen LogP contribution in [0.25, 0.3) is 44.5 Å². The summed E-state index contributed by atoms with van der Waals surface area (Å²) >= 11 is 0. The Bertz CT molecular complexity index is 2820. The van der Waals surface area contributed by atoms with Crippen molar-refractivity contribution in [3.05, 3.63) is 220 Å². The molecule has 8 aromatic rings. The highest BCUT2D eigenvalue weighted by atomic mass is 15.1. The molecule has 0 unspecified atom stereocenters. The van der Waals surface area contributed by atoms with Crippen LogP contribution in [0.1, 0.15) is 58.4 Å². The Hall–Kier alpha value is -6.44. The average molecular weight is 704 g/mol. The Morgan fingerprint density at radius 3 is 1.20 bits per heavy atom. The van der Waals surface area contributed by atoms with Gasteiger partial charge in [-0.25, -0.2) is 0 Å². The molecule has 0 aliphatic heterocycles. The third-order valence-electron chi connectivity index (χ3n) is 13.0. The predicted molar refractivity (Wildman–Crippen MR) is 230 cm³/mol. The summed E-state index contributed by atoms with van der Waals surface area (Å²) in [5.41, 5.74) is 24.2. The molecule has 262 valence electrons. The van der Waals surface area contributed by atoms with Crippen LogP contribution in [-0.2, 0) is 10.8 Å². The third kappa shape index (κ3) is 4.30. The molecule has 0 heterocycles. The van der Waals surface area contributed by atoms with Crippen molar-refractivity contribution < 1.29 is 0 Å². The highest BCUT2D eigenvalue weighted by Gasteiger charge is 2.51. The lowest BCUT2D eigenvalue weighted by molar-refractivity contribution is 0.660. The first-order valence-corrected chi connectivity index (χ1v) is 19.5. The Morgan fingerprint density at radius 1 is 0.309 bits per heavy atom. The van der Waals surface area contributed by atoms with Crippen LogP contribution in [0.5, 0.6) is 0 Å². The average Bonchev–Trinajstić information content (AvgIpc) is 3.77. The highest BCUT2D eigenvalue weighted by Crippen LogP contribution is 2.63. The van der Waals surface area contributed by atoms with Gasteiger partial charge in [0.25, 0.3) is 0 Å². The van der Waals surface area contributed by atoms with E-state index in [1.807, 2.05) is 0 Å². The number of rotatable bonds is 4. The molecule has 8 aromatic carbocycles. The highest BCUT2D eigenvalue weighted by molar-refractivity contribution is 5.96. The monoisotopic (exact) mass is 703 g/mol. The maximum atomic E-state index is 2.51. The Morgan fingerprint density at radius 2 is 0.673 bits per heavy atom. The van der Waals surface area contributed by atoms with E-state index in [4.69, 9.17) is 0 Å². The minimum Gasteiger partial charge on any atom is -0.310 e. The first kappa shape index (κ1) is 32.0. The molecule has 0 saturated carbocycles. The largest absolute Gasteiger partial charge is 0.310 e. The standard InChI is InChI=1S/C54H41N/c1-34-15-5-6-16-39(34)40-28-25-36(31-35(40)2)55(37-26-29-45-41-17-7-11-21-47(41)53(3,4)51(45)32-37)38-27-30-46-44-20-10-14-24-50(44)54(52(46)33-38)48-22-12-8-18-42(48)43-19-9-13-23-49(43)54/h5-33H,1-4H3. The quantitative estimate of drug-likeness (QED) is 0.176.